The van der Waals surface area contributed by atoms with E-state index in [4.69, 9.17) is 15.6 Å². The third-order valence-corrected chi connectivity index (χ3v) is 1.85. The molecule has 7 nitrogen and oxygen atoms in total. The second-order valence-electron chi connectivity index (χ2n) is 3.12. The van der Waals surface area contributed by atoms with Gasteiger partial charge in [0.15, 0.2) is 0 Å². The fraction of sp³-hybridized carbons (Fsp3) is 0.444. The van der Waals surface area contributed by atoms with Gasteiger partial charge >= 0.3 is 11.9 Å². The van der Waals surface area contributed by atoms with Gasteiger partial charge in [-0.1, -0.05) is 0 Å². The van der Waals surface area contributed by atoms with E-state index in [1.165, 1.54) is 17.1 Å². The van der Waals surface area contributed by atoms with E-state index in [1.807, 2.05) is 0 Å². The molecule has 0 aliphatic rings. The molecule has 0 aromatic carbocycles. The van der Waals surface area contributed by atoms with Crippen LogP contribution in [0.25, 0.3) is 0 Å². The van der Waals surface area contributed by atoms with Crippen molar-refractivity contribution in [3.05, 3.63) is 18.0 Å². The van der Waals surface area contributed by atoms with Gasteiger partial charge in [-0.3, -0.25) is 9.48 Å². The second kappa shape index (κ2) is 5.26. The molecular formula is C9H13N3O4. The van der Waals surface area contributed by atoms with Gasteiger partial charge in [-0.2, -0.15) is 5.10 Å². The number of aromatic nitrogens is 2. The van der Waals surface area contributed by atoms with Gasteiger partial charge in [0.25, 0.3) is 0 Å². The Kier molecular flexibility index (Phi) is 4.01. The second-order valence-corrected chi connectivity index (χ2v) is 3.12. The Morgan fingerprint density at radius 3 is 2.94 bits per heavy atom. The zero-order chi connectivity index (χ0) is 12.1. The molecule has 0 spiro atoms. The zero-order valence-electron chi connectivity index (χ0n) is 8.79. The van der Waals surface area contributed by atoms with E-state index >= 15 is 0 Å². The maximum atomic E-state index is 11.3. The highest BCUT2D eigenvalue weighted by atomic mass is 16.5. The smallest absolute Gasteiger partial charge is 0.341 e. The van der Waals surface area contributed by atoms with Crippen molar-refractivity contribution in [2.24, 2.45) is 5.73 Å². The van der Waals surface area contributed by atoms with Gasteiger partial charge in [-0.05, 0) is 6.92 Å². The van der Waals surface area contributed by atoms with Crippen molar-refractivity contribution in [2.45, 2.75) is 19.5 Å². The summed E-state index contributed by atoms with van der Waals surface area (Å²) >= 11 is 0. The summed E-state index contributed by atoms with van der Waals surface area (Å²) in [5.74, 6) is -1.61. The number of rotatable bonds is 5. The zero-order valence-corrected chi connectivity index (χ0v) is 8.79. The van der Waals surface area contributed by atoms with E-state index in [0.29, 0.717) is 0 Å². The molecule has 0 aliphatic heterocycles. The topological polar surface area (TPSA) is 107 Å². The minimum atomic E-state index is -1.12. The number of nitrogens with two attached hydrogens (primary N) is 1. The summed E-state index contributed by atoms with van der Waals surface area (Å²) in [6.07, 6.45) is 2.72. The normalized spacial score (nSPS) is 12.1. The molecule has 0 aliphatic carbocycles. The first-order chi connectivity index (χ1) is 7.54. The number of carbonyl (C=O) groups excluding carboxylic acids is 1. The van der Waals surface area contributed by atoms with E-state index < -0.39 is 18.0 Å². The Hall–Kier alpha value is -1.89. The summed E-state index contributed by atoms with van der Waals surface area (Å²) in [6, 6.07) is -1.05. The van der Waals surface area contributed by atoms with Crippen LogP contribution in [0, 0.1) is 0 Å². The summed E-state index contributed by atoms with van der Waals surface area (Å²) in [6.45, 7) is 1.98. The lowest BCUT2D eigenvalue weighted by molar-refractivity contribution is -0.138. The Balaban J connectivity index is 2.64. The fourth-order valence-electron chi connectivity index (χ4n) is 1.06. The highest BCUT2D eigenvalue weighted by molar-refractivity contribution is 5.88. The van der Waals surface area contributed by atoms with E-state index in [1.54, 1.807) is 6.92 Å². The Morgan fingerprint density at radius 2 is 2.38 bits per heavy atom. The predicted molar refractivity (Wildman–Crippen MR) is 53.8 cm³/mol. The van der Waals surface area contributed by atoms with Gasteiger partial charge in [-0.25, -0.2) is 4.79 Å². The van der Waals surface area contributed by atoms with Crippen molar-refractivity contribution in [2.75, 3.05) is 6.61 Å². The molecule has 0 radical (unpaired) electrons. The number of carbonyl (C=O) groups is 2. The van der Waals surface area contributed by atoms with Gasteiger partial charge in [0, 0.05) is 6.20 Å². The molecule has 1 rings (SSSR count). The van der Waals surface area contributed by atoms with Crippen LogP contribution in [0.1, 0.15) is 17.3 Å². The average molecular weight is 227 g/mol. The lowest BCUT2D eigenvalue weighted by atomic mass is 10.3. The fourth-order valence-corrected chi connectivity index (χ4v) is 1.06. The van der Waals surface area contributed by atoms with Crippen molar-refractivity contribution in [1.82, 2.24) is 9.78 Å². The summed E-state index contributed by atoms with van der Waals surface area (Å²) < 4.78 is 6.05. The van der Waals surface area contributed by atoms with Crippen molar-refractivity contribution >= 4 is 11.9 Å². The third-order valence-electron chi connectivity index (χ3n) is 1.85. The van der Waals surface area contributed by atoms with Crippen LogP contribution >= 0.6 is 0 Å². The van der Waals surface area contributed by atoms with Crippen LogP contribution < -0.4 is 5.73 Å². The molecule has 1 aromatic heterocycles. The van der Waals surface area contributed by atoms with Gasteiger partial charge < -0.3 is 15.6 Å². The SMILES string of the molecule is CCOC(=O)c1cnn(CC(N)C(=O)O)c1. The molecule has 1 aromatic rings. The largest absolute Gasteiger partial charge is 0.480 e. The van der Waals surface area contributed by atoms with Crippen LogP contribution in [0.5, 0.6) is 0 Å². The van der Waals surface area contributed by atoms with E-state index in [2.05, 4.69) is 5.10 Å². The summed E-state index contributed by atoms with van der Waals surface area (Å²) in [4.78, 5) is 21.7. The number of hydrogen-bond donors (Lipinski definition) is 2. The number of carboxylic acid groups (broad SMARTS) is 1. The molecule has 16 heavy (non-hydrogen) atoms. The first kappa shape index (κ1) is 12.2. The van der Waals surface area contributed by atoms with Crippen LogP contribution in [-0.2, 0) is 16.1 Å². The number of esters is 1. The third kappa shape index (κ3) is 3.06. The highest BCUT2D eigenvalue weighted by Gasteiger charge is 2.14. The Labute approximate surface area is 91.8 Å². The van der Waals surface area contributed by atoms with E-state index in [9.17, 15) is 9.59 Å². The first-order valence-corrected chi connectivity index (χ1v) is 4.72. The molecule has 1 unspecified atom stereocenters. The molecular weight excluding hydrogens is 214 g/mol. The van der Waals surface area contributed by atoms with Crippen LogP contribution in [0.15, 0.2) is 12.4 Å². The molecule has 0 bridgehead atoms. The van der Waals surface area contributed by atoms with Crippen LogP contribution in [0.4, 0.5) is 0 Å². The van der Waals surface area contributed by atoms with Gasteiger partial charge in [-0.15, -0.1) is 0 Å². The van der Waals surface area contributed by atoms with Gasteiger partial charge in [0.1, 0.15) is 6.04 Å². The molecule has 0 amide bonds. The predicted octanol–water partition coefficient (Wildman–Crippen LogP) is -0.528. The van der Waals surface area contributed by atoms with Crippen LogP contribution in [0.3, 0.4) is 0 Å². The molecule has 7 heteroatoms. The van der Waals surface area contributed by atoms with E-state index in [-0.39, 0.29) is 18.7 Å². The van der Waals surface area contributed by atoms with E-state index in [0.717, 1.165) is 0 Å². The molecule has 0 fully saturated rings. The number of nitrogens with zero attached hydrogens (tertiary/aromatic N) is 2. The molecule has 0 saturated heterocycles. The van der Waals surface area contributed by atoms with Crippen molar-refractivity contribution in [3.8, 4) is 0 Å². The molecule has 1 atom stereocenters. The minimum absolute atomic E-state index is 0.00867. The maximum absolute atomic E-state index is 11.3. The molecule has 3 N–H and O–H groups in total. The average Bonchev–Trinajstić information content (AvgIpc) is 2.66. The molecule has 1 heterocycles. The highest BCUT2D eigenvalue weighted by Crippen LogP contribution is 2.01. The number of hydrogen-bond acceptors (Lipinski definition) is 5. The standard InChI is InChI=1S/C9H13N3O4/c1-2-16-9(15)6-3-11-12(4-6)5-7(10)8(13)14/h3-4,7H,2,5,10H2,1H3,(H,13,14). The lowest BCUT2D eigenvalue weighted by Gasteiger charge is -2.05. The van der Waals surface area contributed by atoms with Gasteiger partial charge in [0.2, 0.25) is 0 Å². The first-order valence-electron chi connectivity index (χ1n) is 4.72. The quantitative estimate of drug-likeness (QED) is 0.655. The number of aliphatic carboxylic acids is 1. The monoisotopic (exact) mass is 227 g/mol. The lowest BCUT2D eigenvalue weighted by Crippen LogP contribution is -2.34. The van der Waals surface area contributed by atoms with Crippen molar-refractivity contribution < 1.29 is 19.4 Å². The summed E-state index contributed by atoms with van der Waals surface area (Å²) in [7, 11) is 0. The Bertz CT molecular complexity index is 388. The summed E-state index contributed by atoms with van der Waals surface area (Å²) in [5.41, 5.74) is 5.59. The minimum Gasteiger partial charge on any atom is -0.480 e. The molecule has 88 valence electrons. The summed E-state index contributed by atoms with van der Waals surface area (Å²) in [5, 5.41) is 12.4. The number of carboxylic acids is 1. The number of ether oxygens (including phenoxy) is 1. The Morgan fingerprint density at radius 1 is 1.69 bits per heavy atom. The van der Waals surface area contributed by atoms with Gasteiger partial charge in [0.05, 0.1) is 24.9 Å². The maximum Gasteiger partial charge on any atom is 0.341 e. The van der Waals surface area contributed by atoms with Crippen LogP contribution in [0.2, 0.25) is 0 Å². The van der Waals surface area contributed by atoms with Crippen LogP contribution in [-0.4, -0.2) is 39.5 Å². The van der Waals surface area contributed by atoms with Crippen molar-refractivity contribution in [1.29, 1.82) is 0 Å². The molecule has 0 saturated carbocycles. The van der Waals surface area contributed by atoms with Crippen molar-refractivity contribution in [3.63, 3.8) is 0 Å².